The number of nitrogens with two attached hydrogens (primary N) is 1. The van der Waals surface area contributed by atoms with Gasteiger partial charge in [0.1, 0.15) is 12.6 Å². The molecule has 0 radical (unpaired) electrons. The number of ether oxygens (including phenoxy) is 1. The van der Waals surface area contributed by atoms with Crippen molar-refractivity contribution in [3.05, 3.63) is 65.7 Å². The van der Waals surface area contributed by atoms with Crippen molar-refractivity contribution >= 4 is 17.6 Å². The number of benzene rings is 2. The normalized spacial score (nSPS) is 11.2. The number of carbonyl (C=O) groups excluding carboxylic acids is 2. The summed E-state index contributed by atoms with van der Waals surface area (Å²) in [6.45, 7) is 0.144. The molecule has 0 unspecified atom stereocenters. The topological polar surface area (TPSA) is 117 Å². The van der Waals surface area contributed by atoms with Crippen LogP contribution in [0.4, 0.5) is 5.69 Å². The molecule has 0 aromatic heterocycles. The highest BCUT2D eigenvalue weighted by molar-refractivity contribution is 5.78. The second kappa shape index (κ2) is 9.81. The smallest absolute Gasteiger partial charge is 0.325 e. The van der Waals surface area contributed by atoms with Crippen LogP contribution in [0.25, 0.3) is 0 Å². The van der Waals surface area contributed by atoms with E-state index in [4.69, 9.17) is 15.7 Å². The summed E-state index contributed by atoms with van der Waals surface area (Å²) in [5.41, 5.74) is 13.0. The van der Waals surface area contributed by atoms with Crippen molar-refractivity contribution in [3.8, 4) is 6.07 Å². The van der Waals surface area contributed by atoms with E-state index in [2.05, 4.69) is 10.9 Å². The molecule has 2 aromatic rings. The van der Waals surface area contributed by atoms with E-state index in [9.17, 15) is 9.59 Å². The minimum atomic E-state index is -0.748. The first-order valence-electron chi connectivity index (χ1n) is 8.09. The van der Waals surface area contributed by atoms with Gasteiger partial charge in [-0.25, -0.2) is 5.43 Å². The third kappa shape index (κ3) is 6.26. The predicted molar refractivity (Wildman–Crippen MR) is 96.4 cm³/mol. The van der Waals surface area contributed by atoms with Gasteiger partial charge in [-0.15, -0.1) is 0 Å². The minimum Gasteiger partial charge on any atom is -0.460 e. The van der Waals surface area contributed by atoms with Gasteiger partial charge in [0.25, 0.3) is 0 Å². The second-order valence-electron chi connectivity index (χ2n) is 5.61. The Balaban J connectivity index is 1.93. The molecule has 134 valence electrons. The summed E-state index contributed by atoms with van der Waals surface area (Å²) in [4.78, 5) is 23.4. The van der Waals surface area contributed by atoms with Crippen LogP contribution >= 0.6 is 0 Å². The molecule has 0 spiro atoms. The fourth-order valence-electron chi connectivity index (χ4n) is 2.16. The zero-order valence-corrected chi connectivity index (χ0v) is 14.1. The Bertz CT molecular complexity index is 770. The molecular formula is C19H20N4O3. The van der Waals surface area contributed by atoms with Crippen LogP contribution in [0.15, 0.2) is 54.6 Å². The maximum absolute atomic E-state index is 12.3. The van der Waals surface area contributed by atoms with Crippen molar-refractivity contribution in [2.75, 3.05) is 5.43 Å². The van der Waals surface area contributed by atoms with Crippen LogP contribution < -0.4 is 16.6 Å². The maximum Gasteiger partial charge on any atom is 0.325 e. The fraction of sp³-hybridized carbons (Fsp3) is 0.211. The molecule has 7 heteroatoms. The molecule has 7 nitrogen and oxygen atoms in total. The van der Waals surface area contributed by atoms with Crippen LogP contribution in [0.1, 0.15) is 24.0 Å². The molecule has 0 saturated heterocycles. The van der Waals surface area contributed by atoms with Crippen LogP contribution in [-0.2, 0) is 20.9 Å². The van der Waals surface area contributed by atoms with Crippen LogP contribution in [0, 0.1) is 11.3 Å². The molecule has 4 N–H and O–H groups in total. The molecule has 0 bridgehead atoms. The van der Waals surface area contributed by atoms with Gasteiger partial charge in [0.15, 0.2) is 0 Å². The summed E-state index contributed by atoms with van der Waals surface area (Å²) < 4.78 is 5.31. The van der Waals surface area contributed by atoms with Crippen molar-refractivity contribution < 1.29 is 14.3 Å². The van der Waals surface area contributed by atoms with Crippen molar-refractivity contribution in [3.63, 3.8) is 0 Å². The van der Waals surface area contributed by atoms with Crippen LogP contribution in [-0.4, -0.2) is 17.9 Å². The number of hydrazine groups is 1. The molecule has 0 aliphatic heterocycles. The number of anilines is 1. The van der Waals surface area contributed by atoms with Crippen LogP contribution in [0.2, 0.25) is 0 Å². The number of nitrogens with one attached hydrogen (secondary N) is 2. The zero-order valence-electron chi connectivity index (χ0n) is 14.1. The lowest BCUT2D eigenvalue weighted by atomic mass is 10.1. The van der Waals surface area contributed by atoms with E-state index in [1.54, 1.807) is 24.3 Å². The van der Waals surface area contributed by atoms with Crippen molar-refractivity contribution in [2.45, 2.75) is 25.5 Å². The summed E-state index contributed by atoms with van der Waals surface area (Å²) in [6, 6.07) is 17.3. The van der Waals surface area contributed by atoms with E-state index in [1.807, 2.05) is 36.4 Å². The molecule has 26 heavy (non-hydrogen) atoms. The van der Waals surface area contributed by atoms with Gasteiger partial charge in [0, 0.05) is 12.1 Å². The highest BCUT2D eigenvalue weighted by Crippen LogP contribution is 2.09. The number of hydrogen-bond acceptors (Lipinski definition) is 6. The van der Waals surface area contributed by atoms with Gasteiger partial charge in [-0.1, -0.05) is 30.3 Å². The highest BCUT2D eigenvalue weighted by atomic mass is 16.5. The first-order valence-corrected chi connectivity index (χ1v) is 8.09. The van der Waals surface area contributed by atoms with Gasteiger partial charge < -0.3 is 15.9 Å². The lowest BCUT2D eigenvalue weighted by Crippen LogP contribution is -2.42. The summed E-state index contributed by atoms with van der Waals surface area (Å²) in [5, 5.41) is 8.80. The molecule has 1 amide bonds. The predicted octanol–water partition coefficient (Wildman–Crippen LogP) is 1.85. The van der Waals surface area contributed by atoms with E-state index in [0.717, 1.165) is 5.56 Å². The minimum absolute atomic E-state index is 0.0488. The Morgan fingerprint density at radius 1 is 1.12 bits per heavy atom. The molecule has 0 heterocycles. The Labute approximate surface area is 151 Å². The number of nitriles is 1. The van der Waals surface area contributed by atoms with Crippen molar-refractivity contribution in [2.24, 2.45) is 5.73 Å². The van der Waals surface area contributed by atoms with E-state index in [0.29, 0.717) is 11.3 Å². The van der Waals surface area contributed by atoms with Gasteiger partial charge >= 0.3 is 5.97 Å². The molecular weight excluding hydrogens is 332 g/mol. The molecule has 2 rings (SSSR count). The highest BCUT2D eigenvalue weighted by Gasteiger charge is 2.20. The molecule has 0 saturated carbocycles. The van der Waals surface area contributed by atoms with E-state index in [-0.39, 0.29) is 19.4 Å². The van der Waals surface area contributed by atoms with Gasteiger partial charge in [-0.2, -0.15) is 5.26 Å². The van der Waals surface area contributed by atoms with Crippen molar-refractivity contribution in [1.82, 2.24) is 5.43 Å². The maximum atomic E-state index is 12.3. The number of hydrogen-bond donors (Lipinski definition) is 3. The largest absolute Gasteiger partial charge is 0.460 e. The van der Waals surface area contributed by atoms with E-state index < -0.39 is 17.9 Å². The number of rotatable bonds is 9. The van der Waals surface area contributed by atoms with Gasteiger partial charge in [-0.05, 0) is 36.2 Å². The standard InChI is InChI=1S/C19H20N4O3/c20-12-14-6-8-16(9-7-14)22-23-17(10-11-18(21)24)19(25)26-13-15-4-2-1-3-5-15/h1-9,17,22-23H,10-11,13H2,(H2,21,24)/t17-/m1/s1. The molecule has 0 aliphatic carbocycles. The number of carbonyl (C=O) groups is 2. The first kappa shape index (κ1) is 19.0. The van der Waals surface area contributed by atoms with Gasteiger partial charge in [0.05, 0.1) is 11.6 Å². The average Bonchev–Trinajstić information content (AvgIpc) is 2.67. The Morgan fingerprint density at radius 3 is 2.42 bits per heavy atom. The van der Waals surface area contributed by atoms with Crippen LogP contribution in [0.5, 0.6) is 0 Å². The van der Waals surface area contributed by atoms with Crippen LogP contribution in [0.3, 0.4) is 0 Å². The summed E-state index contributed by atoms with van der Waals surface area (Å²) in [5.74, 6) is -0.984. The SMILES string of the molecule is N#Cc1ccc(NN[C@H](CCC(N)=O)C(=O)OCc2ccccc2)cc1. The van der Waals surface area contributed by atoms with Gasteiger partial charge in [-0.3, -0.25) is 9.59 Å². The monoisotopic (exact) mass is 352 g/mol. The fourth-order valence-corrected chi connectivity index (χ4v) is 2.16. The number of primary amides is 1. The molecule has 0 fully saturated rings. The third-order valence-corrected chi connectivity index (χ3v) is 3.59. The summed E-state index contributed by atoms with van der Waals surface area (Å²) in [6.07, 6.45) is 0.249. The number of nitrogens with zero attached hydrogens (tertiary/aromatic N) is 1. The molecule has 0 aliphatic rings. The zero-order chi connectivity index (χ0) is 18.8. The molecule has 1 atom stereocenters. The van der Waals surface area contributed by atoms with E-state index >= 15 is 0 Å². The quantitative estimate of drug-likeness (QED) is 0.468. The van der Waals surface area contributed by atoms with Gasteiger partial charge in [0.2, 0.25) is 5.91 Å². The first-order chi connectivity index (χ1) is 12.6. The lowest BCUT2D eigenvalue weighted by Gasteiger charge is -2.18. The Morgan fingerprint density at radius 2 is 1.81 bits per heavy atom. The number of esters is 1. The number of amides is 1. The molecule has 2 aromatic carbocycles. The third-order valence-electron chi connectivity index (χ3n) is 3.59. The lowest BCUT2D eigenvalue weighted by molar-refractivity contribution is -0.147. The van der Waals surface area contributed by atoms with Crippen molar-refractivity contribution in [1.29, 1.82) is 5.26 Å². The summed E-state index contributed by atoms with van der Waals surface area (Å²) >= 11 is 0. The Hall–Kier alpha value is -3.37. The Kier molecular flexibility index (Phi) is 7.16. The second-order valence-corrected chi connectivity index (χ2v) is 5.61. The average molecular weight is 352 g/mol. The van der Waals surface area contributed by atoms with E-state index in [1.165, 1.54) is 0 Å². The summed E-state index contributed by atoms with van der Waals surface area (Å²) in [7, 11) is 0.